The molecule has 0 radical (unpaired) electrons. The van der Waals surface area contributed by atoms with E-state index >= 15 is 0 Å². The lowest BCUT2D eigenvalue weighted by molar-refractivity contribution is 0.393. The average molecular weight is 356 g/mol. The zero-order valence-corrected chi connectivity index (χ0v) is 15.2. The van der Waals surface area contributed by atoms with Gasteiger partial charge in [0.15, 0.2) is 0 Å². The number of hydrogen-bond donors (Lipinski definition) is 1. The van der Waals surface area contributed by atoms with Crippen LogP contribution in [0.2, 0.25) is 0 Å². The highest BCUT2D eigenvalue weighted by molar-refractivity contribution is 7.89. The third kappa shape index (κ3) is 3.81. The Bertz CT molecular complexity index is 953. The molecule has 0 spiro atoms. The normalized spacial score (nSPS) is 11.6. The lowest BCUT2D eigenvalue weighted by atomic mass is 10.0. The maximum Gasteiger partial charge on any atom is 0.240 e. The second-order valence-electron chi connectivity index (χ2n) is 6.03. The van der Waals surface area contributed by atoms with Crippen molar-refractivity contribution in [3.8, 4) is 11.1 Å². The van der Waals surface area contributed by atoms with Crippen LogP contribution in [0, 0.1) is 20.8 Å². The van der Waals surface area contributed by atoms with Gasteiger partial charge in [-0.05, 0) is 44.0 Å². The fraction of sp³-hybridized carbons (Fsp3) is 0.211. The third-order valence-electron chi connectivity index (χ3n) is 4.07. The summed E-state index contributed by atoms with van der Waals surface area (Å²) in [4.78, 5) is 0.232. The zero-order chi connectivity index (χ0) is 18.0. The Balaban J connectivity index is 1.77. The molecule has 3 rings (SSSR count). The number of nitrogens with one attached hydrogen (secondary N) is 1. The summed E-state index contributed by atoms with van der Waals surface area (Å²) in [6.45, 7) is 5.95. The molecule has 6 heteroatoms. The van der Waals surface area contributed by atoms with E-state index in [4.69, 9.17) is 4.52 Å². The van der Waals surface area contributed by atoms with E-state index in [1.54, 1.807) is 24.3 Å². The lowest BCUT2D eigenvalue weighted by Crippen LogP contribution is -2.23. The van der Waals surface area contributed by atoms with Gasteiger partial charge >= 0.3 is 0 Å². The number of aromatic nitrogens is 1. The predicted molar refractivity (Wildman–Crippen MR) is 96.6 cm³/mol. The van der Waals surface area contributed by atoms with Gasteiger partial charge < -0.3 is 4.52 Å². The van der Waals surface area contributed by atoms with E-state index in [2.05, 4.69) is 9.88 Å². The molecule has 0 fully saturated rings. The predicted octanol–water partition coefficient (Wildman–Crippen LogP) is 3.75. The molecule has 130 valence electrons. The van der Waals surface area contributed by atoms with Crippen LogP contribution in [0.1, 0.15) is 22.6 Å². The topological polar surface area (TPSA) is 72.2 Å². The van der Waals surface area contributed by atoms with Gasteiger partial charge in [-0.3, -0.25) is 0 Å². The molecule has 1 aromatic heterocycles. The number of benzene rings is 2. The monoisotopic (exact) mass is 356 g/mol. The Hall–Kier alpha value is -2.44. The second kappa shape index (κ2) is 6.82. The van der Waals surface area contributed by atoms with Crippen LogP contribution in [0.3, 0.4) is 0 Å². The van der Waals surface area contributed by atoms with Crippen molar-refractivity contribution in [3.05, 3.63) is 71.1 Å². The maximum atomic E-state index is 12.5. The lowest BCUT2D eigenvalue weighted by Gasteiger charge is -2.08. The van der Waals surface area contributed by atoms with Crippen molar-refractivity contribution < 1.29 is 12.9 Å². The first-order valence-corrected chi connectivity index (χ1v) is 9.43. The van der Waals surface area contributed by atoms with E-state index in [1.165, 1.54) is 0 Å². The van der Waals surface area contributed by atoms with Crippen LogP contribution in [-0.4, -0.2) is 13.6 Å². The summed E-state index contributed by atoms with van der Waals surface area (Å²) < 4.78 is 32.7. The van der Waals surface area contributed by atoms with Crippen LogP contribution in [-0.2, 0) is 16.6 Å². The van der Waals surface area contributed by atoms with Crippen molar-refractivity contribution in [1.29, 1.82) is 0 Å². The van der Waals surface area contributed by atoms with Crippen LogP contribution in [0.5, 0.6) is 0 Å². The Morgan fingerprint density at radius 3 is 2.16 bits per heavy atom. The summed E-state index contributed by atoms with van der Waals surface area (Å²) in [6.07, 6.45) is 0. The maximum absolute atomic E-state index is 12.5. The van der Waals surface area contributed by atoms with Crippen molar-refractivity contribution in [2.24, 2.45) is 0 Å². The fourth-order valence-electron chi connectivity index (χ4n) is 2.66. The molecule has 0 unspecified atom stereocenters. The molecular weight excluding hydrogens is 336 g/mol. The Morgan fingerprint density at radius 2 is 1.60 bits per heavy atom. The minimum atomic E-state index is -3.56. The van der Waals surface area contributed by atoms with Crippen LogP contribution in [0.15, 0.2) is 57.9 Å². The van der Waals surface area contributed by atoms with E-state index in [9.17, 15) is 8.42 Å². The van der Waals surface area contributed by atoms with Crippen LogP contribution >= 0.6 is 0 Å². The Morgan fingerprint density at radius 1 is 0.960 bits per heavy atom. The molecule has 1 N–H and O–H groups in total. The minimum absolute atomic E-state index is 0.232. The highest BCUT2D eigenvalue weighted by atomic mass is 32.2. The summed E-state index contributed by atoms with van der Waals surface area (Å²) >= 11 is 0. The summed E-state index contributed by atoms with van der Waals surface area (Å²) in [5.41, 5.74) is 4.62. The summed E-state index contributed by atoms with van der Waals surface area (Å²) in [6, 6.07) is 14.5. The molecule has 25 heavy (non-hydrogen) atoms. The van der Waals surface area contributed by atoms with E-state index in [1.807, 2.05) is 45.0 Å². The fourth-order valence-corrected chi connectivity index (χ4v) is 3.68. The van der Waals surface area contributed by atoms with Crippen molar-refractivity contribution >= 4 is 10.0 Å². The van der Waals surface area contributed by atoms with E-state index in [0.29, 0.717) is 5.76 Å². The molecule has 2 aromatic carbocycles. The second-order valence-corrected chi connectivity index (χ2v) is 7.80. The quantitative estimate of drug-likeness (QED) is 0.756. The number of aryl methyl sites for hydroxylation is 3. The largest absolute Gasteiger partial charge is 0.361 e. The Labute approximate surface area is 147 Å². The van der Waals surface area contributed by atoms with Crippen molar-refractivity contribution in [2.45, 2.75) is 32.2 Å². The van der Waals surface area contributed by atoms with Crippen molar-refractivity contribution in [2.75, 3.05) is 0 Å². The van der Waals surface area contributed by atoms with Gasteiger partial charge in [-0.2, -0.15) is 0 Å². The van der Waals surface area contributed by atoms with Gasteiger partial charge in [-0.1, -0.05) is 47.1 Å². The highest BCUT2D eigenvalue weighted by Gasteiger charge is 2.16. The van der Waals surface area contributed by atoms with Crippen molar-refractivity contribution in [1.82, 2.24) is 9.88 Å². The molecule has 0 saturated heterocycles. The van der Waals surface area contributed by atoms with Crippen molar-refractivity contribution in [3.63, 3.8) is 0 Å². The van der Waals surface area contributed by atoms with E-state index < -0.39 is 10.0 Å². The molecule has 0 aliphatic rings. The molecule has 0 atom stereocenters. The third-order valence-corrected chi connectivity index (χ3v) is 5.49. The number of rotatable bonds is 5. The number of hydrogen-bond acceptors (Lipinski definition) is 4. The van der Waals surface area contributed by atoms with Gasteiger partial charge in [0.2, 0.25) is 10.0 Å². The van der Waals surface area contributed by atoms with Gasteiger partial charge in [0, 0.05) is 12.1 Å². The molecule has 3 aromatic rings. The Kier molecular flexibility index (Phi) is 4.74. The molecule has 0 bridgehead atoms. The van der Waals surface area contributed by atoms with E-state index in [0.717, 1.165) is 27.9 Å². The summed E-state index contributed by atoms with van der Waals surface area (Å²) in [5, 5.41) is 3.93. The van der Waals surface area contributed by atoms with Crippen LogP contribution < -0.4 is 4.72 Å². The molecule has 0 aliphatic carbocycles. The highest BCUT2D eigenvalue weighted by Crippen LogP contribution is 2.27. The smallest absolute Gasteiger partial charge is 0.240 e. The molecule has 0 aliphatic heterocycles. The van der Waals surface area contributed by atoms with Gasteiger partial charge in [-0.25, -0.2) is 13.1 Å². The van der Waals surface area contributed by atoms with Gasteiger partial charge in [0.25, 0.3) is 0 Å². The first kappa shape index (κ1) is 17.4. The SMILES string of the molecule is Cc1ccc(CNS(=O)(=O)c2ccc(-c3c(C)noc3C)cc2)cc1. The first-order valence-electron chi connectivity index (χ1n) is 7.95. The molecule has 0 saturated carbocycles. The van der Waals surface area contributed by atoms with E-state index in [-0.39, 0.29) is 11.4 Å². The van der Waals surface area contributed by atoms with Crippen LogP contribution in [0.25, 0.3) is 11.1 Å². The van der Waals surface area contributed by atoms with Gasteiger partial charge in [0.1, 0.15) is 5.76 Å². The molecule has 5 nitrogen and oxygen atoms in total. The molecule has 0 amide bonds. The average Bonchev–Trinajstić information content (AvgIpc) is 2.93. The van der Waals surface area contributed by atoms with Gasteiger partial charge in [0.05, 0.1) is 10.6 Å². The minimum Gasteiger partial charge on any atom is -0.361 e. The van der Waals surface area contributed by atoms with Gasteiger partial charge in [-0.15, -0.1) is 0 Å². The number of nitrogens with zero attached hydrogens (tertiary/aromatic N) is 1. The summed E-state index contributed by atoms with van der Waals surface area (Å²) in [5.74, 6) is 0.714. The standard InChI is InChI=1S/C19H20N2O3S/c1-13-4-6-16(7-5-13)12-20-25(22,23)18-10-8-17(9-11-18)19-14(2)21-24-15(19)3/h4-11,20H,12H2,1-3H3. The molecule has 1 heterocycles. The first-order chi connectivity index (χ1) is 11.9. The number of sulfonamides is 1. The van der Waals surface area contributed by atoms with Crippen LogP contribution in [0.4, 0.5) is 0 Å². The molecular formula is C19H20N2O3S. The zero-order valence-electron chi connectivity index (χ0n) is 14.4. The summed E-state index contributed by atoms with van der Waals surface area (Å²) in [7, 11) is -3.56.